The highest BCUT2D eigenvalue weighted by Gasteiger charge is 1.94. The van der Waals surface area contributed by atoms with Gasteiger partial charge in [-0.3, -0.25) is 0 Å². The Balaban J connectivity index is -0.000000164. The van der Waals surface area contributed by atoms with Gasteiger partial charge in [-0.1, -0.05) is 238 Å². The lowest BCUT2D eigenvalue weighted by atomic mass is 10.1. The number of aryl methyl sites for hydroxylation is 3. The average Bonchev–Trinajstić information content (AvgIpc) is 3.22. The van der Waals surface area contributed by atoms with Crippen molar-refractivity contribution in [3.63, 3.8) is 0 Å². The molecule has 0 nitrogen and oxygen atoms in total. The van der Waals surface area contributed by atoms with Crippen molar-refractivity contribution in [1.82, 2.24) is 0 Å². The second kappa shape index (κ2) is 42.1. The van der Waals surface area contributed by atoms with Crippen LogP contribution in [0, 0.1) is 20.8 Å². The minimum absolute atomic E-state index is 1.33. The number of hydrogen-bond donors (Lipinski definition) is 0. The summed E-state index contributed by atoms with van der Waals surface area (Å²) >= 11 is 0. The highest BCUT2D eigenvalue weighted by atomic mass is 14.0. The lowest BCUT2D eigenvalue weighted by Crippen LogP contribution is -1.75. The molecule has 49 heavy (non-hydrogen) atoms. The summed E-state index contributed by atoms with van der Waals surface area (Å²) in [4.78, 5) is 0. The Kier molecular flexibility index (Phi) is 46.9. The first-order valence-corrected chi connectivity index (χ1v) is 19.5. The molecule has 0 unspecified atom stereocenters. The number of rotatable bonds is 0. The fourth-order valence-electron chi connectivity index (χ4n) is 4.16. The van der Waals surface area contributed by atoms with Crippen LogP contribution < -0.4 is 0 Å². The van der Waals surface area contributed by atoms with E-state index in [9.17, 15) is 0 Å². The van der Waals surface area contributed by atoms with Gasteiger partial charge in [0.25, 0.3) is 0 Å². The van der Waals surface area contributed by atoms with Crippen molar-refractivity contribution in [2.45, 2.75) is 132 Å². The summed E-state index contributed by atoms with van der Waals surface area (Å²) in [6.07, 6.45) is 0. The SMILES string of the molecule is CC.CC.CC.CC.CC.CC.CC.CC.Cc1cccc2ccccc12.Cc1cccc2ccccc12.Cc1cccc2ccccc12. The van der Waals surface area contributed by atoms with Gasteiger partial charge in [0.1, 0.15) is 0 Å². The molecule has 0 atom stereocenters. The molecule has 274 valence electrons. The van der Waals surface area contributed by atoms with Gasteiger partial charge in [0, 0.05) is 0 Å². The van der Waals surface area contributed by atoms with Crippen molar-refractivity contribution in [2.24, 2.45) is 0 Å². The predicted octanol–water partition coefficient (Wildman–Crippen LogP) is 17.7. The molecule has 0 aromatic heterocycles. The van der Waals surface area contributed by atoms with E-state index in [2.05, 4.69) is 148 Å². The molecular formula is C49H78. The molecule has 0 aliphatic rings. The molecule has 0 saturated carbocycles. The van der Waals surface area contributed by atoms with E-state index >= 15 is 0 Å². The summed E-state index contributed by atoms with van der Waals surface area (Å²) in [5, 5.41) is 8.05. The van der Waals surface area contributed by atoms with Crippen molar-refractivity contribution < 1.29 is 0 Å². The van der Waals surface area contributed by atoms with Crippen LogP contribution in [-0.2, 0) is 0 Å². The van der Waals surface area contributed by atoms with Gasteiger partial charge in [-0.25, -0.2) is 0 Å². The molecule has 0 N–H and O–H groups in total. The molecule has 0 saturated heterocycles. The van der Waals surface area contributed by atoms with Crippen LogP contribution in [0.1, 0.15) is 127 Å². The third-order valence-electron chi connectivity index (χ3n) is 6.02. The smallest absolute Gasteiger partial charge is 0.0155 e. The van der Waals surface area contributed by atoms with Crippen LogP contribution in [0.3, 0.4) is 0 Å². The van der Waals surface area contributed by atoms with E-state index in [0.29, 0.717) is 0 Å². The van der Waals surface area contributed by atoms with Crippen molar-refractivity contribution in [3.8, 4) is 0 Å². The maximum Gasteiger partial charge on any atom is -0.0155 e. The quantitative estimate of drug-likeness (QED) is 0.151. The maximum absolute atomic E-state index is 2.16. The van der Waals surface area contributed by atoms with Gasteiger partial charge in [0.05, 0.1) is 0 Å². The zero-order valence-electron chi connectivity index (χ0n) is 35.6. The topological polar surface area (TPSA) is 0 Å². The van der Waals surface area contributed by atoms with E-state index in [0.717, 1.165) is 0 Å². The van der Waals surface area contributed by atoms with Gasteiger partial charge in [-0.15, -0.1) is 0 Å². The van der Waals surface area contributed by atoms with Crippen molar-refractivity contribution in [1.29, 1.82) is 0 Å². The molecule has 0 aliphatic heterocycles. The molecule has 6 aromatic rings. The molecule has 0 amide bonds. The molecule has 0 fully saturated rings. The zero-order valence-corrected chi connectivity index (χ0v) is 35.6. The Morgan fingerprint density at radius 2 is 0.367 bits per heavy atom. The fraction of sp³-hybridized carbons (Fsp3) is 0.388. The third-order valence-corrected chi connectivity index (χ3v) is 6.02. The largest absolute Gasteiger partial charge is 0.0683 e. The second-order valence-corrected chi connectivity index (χ2v) is 8.39. The zero-order chi connectivity index (χ0) is 39.0. The van der Waals surface area contributed by atoms with E-state index in [1.807, 2.05) is 111 Å². The lowest BCUT2D eigenvalue weighted by Gasteiger charge is -1.98. The van der Waals surface area contributed by atoms with Crippen LogP contribution in [0.25, 0.3) is 32.3 Å². The average molecular weight is 667 g/mol. The van der Waals surface area contributed by atoms with Crippen molar-refractivity contribution in [3.05, 3.63) is 144 Å². The molecule has 0 spiro atoms. The first-order valence-electron chi connectivity index (χ1n) is 19.5. The van der Waals surface area contributed by atoms with E-state index in [-0.39, 0.29) is 0 Å². The Hall–Kier alpha value is -3.90. The van der Waals surface area contributed by atoms with Gasteiger partial charge >= 0.3 is 0 Å². The van der Waals surface area contributed by atoms with E-state index < -0.39 is 0 Å². The number of fused-ring (bicyclic) bond motifs is 3. The highest BCUT2D eigenvalue weighted by Crippen LogP contribution is 2.18. The van der Waals surface area contributed by atoms with E-state index in [1.54, 1.807) is 0 Å². The minimum Gasteiger partial charge on any atom is -0.0683 e. The first-order chi connectivity index (χ1) is 24.1. The third kappa shape index (κ3) is 22.4. The van der Waals surface area contributed by atoms with Gasteiger partial charge < -0.3 is 0 Å². The standard InChI is InChI=1S/3C11H10.8C2H6/c3*1-9-5-4-7-10-6-2-3-8-11(9)10;8*1-2/h3*2-8H,1H3;8*1-2H3. The molecule has 0 heterocycles. The number of benzene rings is 6. The Morgan fingerprint density at radius 3 is 0.551 bits per heavy atom. The molecule has 6 aromatic carbocycles. The van der Waals surface area contributed by atoms with E-state index in [4.69, 9.17) is 0 Å². The van der Waals surface area contributed by atoms with Crippen LogP contribution in [0.2, 0.25) is 0 Å². The summed E-state index contributed by atoms with van der Waals surface area (Å²) in [6, 6.07) is 44.5. The van der Waals surface area contributed by atoms with Crippen molar-refractivity contribution in [2.75, 3.05) is 0 Å². The van der Waals surface area contributed by atoms with Crippen LogP contribution in [0.4, 0.5) is 0 Å². The Labute approximate surface area is 307 Å². The molecule has 0 bridgehead atoms. The summed E-state index contributed by atoms with van der Waals surface area (Å²) in [5.74, 6) is 0. The monoisotopic (exact) mass is 667 g/mol. The second-order valence-electron chi connectivity index (χ2n) is 8.39. The molecule has 6 rings (SSSR count). The first kappa shape index (κ1) is 54.5. The van der Waals surface area contributed by atoms with Crippen molar-refractivity contribution >= 4 is 32.3 Å². The summed E-state index contributed by atoms with van der Waals surface area (Å²) in [6.45, 7) is 38.4. The lowest BCUT2D eigenvalue weighted by molar-refractivity contribution is 1.50. The normalized spacial score (nSPS) is 7.90. The molecule has 0 heteroatoms. The number of hydrogen-bond acceptors (Lipinski definition) is 0. The van der Waals surface area contributed by atoms with Gasteiger partial charge in [-0.2, -0.15) is 0 Å². The van der Waals surface area contributed by atoms with E-state index in [1.165, 1.54) is 49.0 Å². The van der Waals surface area contributed by atoms with Crippen LogP contribution in [0.5, 0.6) is 0 Å². The Morgan fingerprint density at radius 1 is 0.204 bits per heavy atom. The summed E-state index contributed by atoms with van der Waals surface area (Å²) in [5.41, 5.74) is 4.05. The fourth-order valence-corrected chi connectivity index (χ4v) is 4.16. The summed E-state index contributed by atoms with van der Waals surface area (Å²) in [7, 11) is 0. The highest BCUT2D eigenvalue weighted by molar-refractivity contribution is 5.86. The van der Waals surface area contributed by atoms with Crippen LogP contribution >= 0.6 is 0 Å². The Bertz CT molecular complexity index is 1290. The summed E-state index contributed by atoms with van der Waals surface area (Å²) < 4.78 is 0. The molecular weight excluding hydrogens is 589 g/mol. The van der Waals surface area contributed by atoms with Crippen LogP contribution in [0.15, 0.2) is 127 Å². The van der Waals surface area contributed by atoms with Crippen LogP contribution in [-0.4, -0.2) is 0 Å². The molecule has 0 radical (unpaired) electrons. The minimum atomic E-state index is 1.33. The molecule has 0 aliphatic carbocycles. The van der Waals surface area contributed by atoms with Gasteiger partial charge in [0.15, 0.2) is 0 Å². The van der Waals surface area contributed by atoms with Gasteiger partial charge in [-0.05, 0) is 69.8 Å². The predicted molar refractivity (Wildman–Crippen MR) is 237 cm³/mol. The maximum atomic E-state index is 2.16. The van der Waals surface area contributed by atoms with Gasteiger partial charge in [0.2, 0.25) is 0 Å².